The molecule has 1 N–H and O–H groups in total. The smallest absolute Gasteiger partial charge is 0.303 e. The first kappa shape index (κ1) is 26.2. The van der Waals surface area contributed by atoms with Crippen molar-refractivity contribution in [2.75, 3.05) is 6.61 Å². The van der Waals surface area contributed by atoms with Crippen LogP contribution in [0.1, 0.15) is 27.7 Å². The van der Waals surface area contributed by atoms with Gasteiger partial charge in [-0.3, -0.25) is 24.0 Å². The summed E-state index contributed by atoms with van der Waals surface area (Å²) >= 11 is 16.6. The second-order valence-corrected chi connectivity index (χ2v) is 8.37. The lowest BCUT2D eigenvalue weighted by Crippen LogP contribution is -2.66. The van der Waals surface area contributed by atoms with Crippen LogP contribution in [-0.2, 0) is 47.7 Å². The Labute approximate surface area is 186 Å². The summed E-state index contributed by atoms with van der Waals surface area (Å²) in [4.78, 5) is 58.2. The molecule has 1 aliphatic heterocycles. The number of alkyl halides is 3. The molecule has 30 heavy (non-hydrogen) atoms. The van der Waals surface area contributed by atoms with E-state index in [1.54, 1.807) is 0 Å². The third-order valence-corrected chi connectivity index (χ3v) is 4.04. The highest BCUT2D eigenvalue weighted by molar-refractivity contribution is 6.76. The Morgan fingerprint density at radius 1 is 0.800 bits per heavy atom. The number of carbonyl (C=O) groups is 5. The lowest BCUT2D eigenvalue weighted by molar-refractivity contribution is -0.256. The van der Waals surface area contributed by atoms with Crippen molar-refractivity contribution in [3.63, 3.8) is 0 Å². The van der Waals surface area contributed by atoms with Gasteiger partial charge in [0.15, 0.2) is 24.5 Å². The normalized spacial score (nSPS) is 26.2. The van der Waals surface area contributed by atoms with E-state index in [0.29, 0.717) is 0 Å². The zero-order chi connectivity index (χ0) is 23.2. The molecule has 5 atom stereocenters. The maximum absolute atomic E-state index is 12.1. The van der Waals surface area contributed by atoms with Crippen molar-refractivity contribution in [3.8, 4) is 0 Å². The Morgan fingerprint density at radius 2 is 1.27 bits per heavy atom. The summed E-state index contributed by atoms with van der Waals surface area (Å²) in [5.41, 5.74) is 0. The number of halogens is 3. The Balaban J connectivity index is 3.37. The quantitative estimate of drug-likeness (QED) is 0.317. The number of nitrogens with one attached hydrogen (secondary N) is 1. The van der Waals surface area contributed by atoms with Gasteiger partial charge in [0.05, 0.1) is 0 Å². The van der Waals surface area contributed by atoms with Crippen LogP contribution in [-0.4, -0.2) is 70.8 Å². The largest absolute Gasteiger partial charge is 0.463 e. The average molecular weight is 493 g/mol. The fourth-order valence-electron chi connectivity index (χ4n) is 2.56. The van der Waals surface area contributed by atoms with Gasteiger partial charge in [0.2, 0.25) is 0 Å². The SMILES string of the molecule is CC(=O)OC[C@H]1O[C@H](NC(=O)C(Cl)(Cl)Cl)[C@@H](OC(C)=O)[C@@H](OC(C)=O)[C@@H]1OC(C)=O. The van der Waals surface area contributed by atoms with Gasteiger partial charge in [-0.1, -0.05) is 34.8 Å². The number of amides is 1. The highest BCUT2D eigenvalue weighted by Crippen LogP contribution is 2.31. The molecule has 1 rings (SSSR count). The zero-order valence-electron chi connectivity index (χ0n) is 16.3. The third kappa shape index (κ3) is 8.13. The summed E-state index contributed by atoms with van der Waals surface area (Å²) in [6.07, 6.45) is -7.08. The summed E-state index contributed by atoms with van der Waals surface area (Å²) in [6.45, 7) is 3.84. The first-order valence-electron chi connectivity index (χ1n) is 8.40. The topological polar surface area (TPSA) is 144 Å². The van der Waals surface area contributed by atoms with Gasteiger partial charge >= 0.3 is 23.9 Å². The number of ether oxygens (including phenoxy) is 5. The second-order valence-electron chi connectivity index (χ2n) is 6.09. The highest BCUT2D eigenvalue weighted by Gasteiger charge is 2.53. The van der Waals surface area contributed by atoms with Gasteiger partial charge in [-0.15, -0.1) is 0 Å². The minimum Gasteiger partial charge on any atom is -0.463 e. The van der Waals surface area contributed by atoms with Gasteiger partial charge in [-0.25, -0.2) is 0 Å². The maximum atomic E-state index is 12.1. The Kier molecular flexibility index (Phi) is 9.60. The van der Waals surface area contributed by atoms with Gasteiger partial charge in [0.1, 0.15) is 12.7 Å². The number of hydrogen-bond acceptors (Lipinski definition) is 10. The second kappa shape index (κ2) is 11.0. The number of esters is 4. The van der Waals surface area contributed by atoms with Crippen LogP contribution in [0.5, 0.6) is 0 Å². The van der Waals surface area contributed by atoms with Crippen molar-refractivity contribution >= 4 is 64.6 Å². The Bertz CT molecular complexity index is 695. The van der Waals surface area contributed by atoms with E-state index in [9.17, 15) is 24.0 Å². The van der Waals surface area contributed by atoms with Crippen LogP contribution < -0.4 is 5.32 Å². The molecule has 1 heterocycles. The van der Waals surface area contributed by atoms with E-state index in [1.165, 1.54) is 0 Å². The first-order valence-corrected chi connectivity index (χ1v) is 9.54. The van der Waals surface area contributed by atoms with Crippen molar-refractivity contribution in [1.29, 1.82) is 0 Å². The molecule has 170 valence electrons. The van der Waals surface area contributed by atoms with Crippen molar-refractivity contribution < 1.29 is 47.7 Å². The monoisotopic (exact) mass is 491 g/mol. The molecule has 0 aromatic carbocycles. The van der Waals surface area contributed by atoms with Crippen molar-refractivity contribution in [2.24, 2.45) is 0 Å². The molecule has 1 amide bonds. The number of carbonyl (C=O) groups excluding carboxylic acids is 5. The van der Waals surface area contributed by atoms with Gasteiger partial charge < -0.3 is 29.0 Å². The standard InChI is InChI=1S/C16H20Cl3NO10/c1-6(21)26-5-10-11(27-7(2)22)12(28-8(3)23)13(29-9(4)24)14(30-10)20-15(25)16(17,18)19/h10-14H,5H2,1-4H3,(H,20,25)/t10-,11-,12+,13+,14+/m1/s1. The van der Waals surface area contributed by atoms with E-state index < -0.39 is 70.8 Å². The van der Waals surface area contributed by atoms with Crippen molar-refractivity contribution in [3.05, 3.63) is 0 Å². The zero-order valence-corrected chi connectivity index (χ0v) is 18.6. The van der Waals surface area contributed by atoms with Gasteiger partial charge in [-0.2, -0.15) is 0 Å². The van der Waals surface area contributed by atoms with Gasteiger partial charge in [0, 0.05) is 27.7 Å². The van der Waals surface area contributed by atoms with E-state index in [2.05, 4.69) is 5.32 Å². The van der Waals surface area contributed by atoms with Gasteiger partial charge in [-0.05, 0) is 0 Å². The molecule has 0 saturated carbocycles. The molecule has 0 unspecified atom stereocenters. The van der Waals surface area contributed by atoms with Crippen molar-refractivity contribution in [2.45, 2.75) is 62.1 Å². The molecule has 0 aromatic heterocycles. The van der Waals surface area contributed by atoms with Gasteiger partial charge in [0.25, 0.3) is 9.70 Å². The van der Waals surface area contributed by atoms with E-state index >= 15 is 0 Å². The minimum absolute atomic E-state index is 0.460. The lowest BCUT2D eigenvalue weighted by atomic mass is 9.97. The minimum atomic E-state index is -2.40. The van der Waals surface area contributed by atoms with E-state index in [0.717, 1.165) is 27.7 Å². The van der Waals surface area contributed by atoms with Crippen LogP contribution in [0.3, 0.4) is 0 Å². The average Bonchev–Trinajstić information content (AvgIpc) is 2.56. The molecule has 0 radical (unpaired) electrons. The Morgan fingerprint density at radius 3 is 1.70 bits per heavy atom. The van der Waals surface area contributed by atoms with E-state index in [-0.39, 0.29) is 0 Å². The molecule has 0 aromatic rings. The van der Waals surface area contributed by atoms with E-state index in [1.807, 2.05) is 0 Å². The molecule has 0 bridgehead atoms. The molecule has 1 fully saturated rings. The van der Waals surface area contributed by atoms with Crippen molar-refractivity contribution in [1.82, 2.24) is 5.32 Å². The van der Waals surface area contributed by atoms with Crippen LogP contribution in [0.25, 0.3) is 0 Å². The number of hydrogen-bond donors (Lipinski definition) is 1. The highest BCUT2D eigenvalue weighted by atomic mass is 35.6. The molecule has 0 spiro atoms. The third-order valence-electron chi connectivity index (χ3n) is 3.52. The lowest BCUT2D eigenvalue weighted by Gasteiger charge is -2.44. The van der Waals surface area contributed by atoms with Crippen LogP contribution in [0.15, 0.2) is 0 Å². The summed E-state index contributed by atoms with van der Waals surface area (Å²) < 4.78 is 23.6. The molecule has 1 aliphatic rings. The molecular weight excluding hydrogens is 473 g/mol. The van der Waals surface area contributed by atoms with Crippen LogP contribution in [0.4, 0.5) is 0 Å². The molecular formula is C16H20Cl3NO10. The summed E-state index contributed by atoms with van der Waals surface area (Å²) in [5, 5.41) is 2.20. The Hall–Kier alpha value is -1.82. The fourth-order valence-corrected chi connectivity index (χ4v) is 2.72. The maximum Gasteiger partial charge on any atom is 0.303 e. The summed E-state index contributed by atoms with van der Waals surface area (Å²) in [6, 6.07) is 0. The van der Waals surface area contributed by atoms with Crippen LogP contribution >= 0.6 is 34.8 Å². The summed E-state index contributed by atoms with van der Waals surface area (Å²) in [5.74, 6) is -4.29. The first-order chi connectivity index (χ1) is 13.7. The number of rotatable bonds is 6. The van der Waals surface area contributed by atoms with Crippen LogP contribution in [0, 0.1) is 0 Å². The van der Waals surface area contributed by atoms with Crippen LogP contribution in [0.2, 0.25) is 0 Å². The fraction of sp³-hybridized carbons (Fsp3) is 0.688. The predicted octanol–water partition coefficient (Wildman–Crippen LogP) is 0.556. The van der Waals surface area contributed by atoms with E-state index in [4.69, 9.17) is 58.5 Å². The molecule has 11 nitrogen and oxygen atoms in total. The molecule has 14 heteroatoms. The molecule has 0 aliphatic carbocycles. The molecule has 1 saturated heterocycles. The summed E-state index contributed by atoms with van der Waals surface area (Å²) in [7, 11) is 0. The predicted molar refractivity (Wildman–Crippen MR) is 100 cm³/mol.